The van der Waals surface area contributed by atoms with Crippen LogP contribution < -0.4 is 10.0 Å². The van der Waals surface area contributed by atoms with Gasteiger partial charge in [0, 0.05) is 0 Å². The lowest BCUT2D eigenvalue weighted by molar-refractivity contribution is -0.143. The standard InChI is InChI=1S/C12H24N2O5S/c1-5-7-20(18,19)14-9(4)11(15)13-10(12(16)17)8(3)6-2/h8-10,14H,5-7H2,1-4H3,(H,13,15)(H,16,17)/t8?,9?,10-/m0/s1. The molecule has 118 valence electrons. The minimum Gasteiger partial charge on any atom is -0.480 e. The van der Waals surface area contributed by atoms with E-state index in [-0.39, 0.29) is 11.7 Å². The Labute approximate surface area is 120 Å². The summed E-state index contributed by atoms with van der Waals surface area (Å²) in [6.45, 7) is 6.64. The summed E-state index contributed by atoms with van der Waals surface area (Å²) in [6.07, 6.45) is 1.03. The van der Waals surface area contributed by atoms with E-state index in [1.807, 2.05) is 6.92 Å². The zero-order chi connectivity index (χ0) is 15.9. The van der Waals surface area contributed by atoms with E-state index in [0.29, 0.717) is 12.8 Å². The second-order valence-corrected chi connectivity index (χ2v) is 6.74. The topological polar surface area (TPSA) is 113 Å². The molecule has 3 N–H and O–H groups in total. The van der Waals surface area contributed by atoms with Crippen LogP contribution in [0.25, 0.3) is 0 Å². The molecule has 0 heterocycles. The number of carboxylic acid groups (broad SMARTS) is 1. The molecular weight excluding hydrogens is 284 g/mol. The van der Waals surface area contributed by atoms with Gasteiger partial charge in [-0.3, -0.25) is 4.79 Å². The van der Waals surface area contributed by atoms with Gasteiger partial charge in [0.05, 0.1) is 11.8 Å². The monoisotopic (exact) mass is 308 g/mol. The molecule has 0 aliphatic carbocycles. The minimum atomic E-state index is -3.52. The molecule has 0 aromatic rings. The zero-order valence-corrected chi connectivity index (χ0v) is 13.2. The molecule has 0 fully saturated rings. The molecule has 20 heavy (non-hydrogen) atoms. The van der Waals surface area contributed by atoms with Crippen LogP contribution in [0, 0.1) is 5.92 Å². The van der Waals surface area contributed by atoms with Gasteiger partial charge >= 0.3 is 5.97 Å². The van der Waals surface area contributed by atoms with Gasteiger partial charge in [0.25, 0.3) is 0 Å². The van der Waals surface area contributed by atoms with Gasteiger partial charge in [0.1, 0.15) is 6.04 Å². The highest BCUT2D eigenvalue weighted by atomic mass is 32.2. The molecule has 0 aromatic carbocycles. The molecule has 7 nitrogen and oxygen atoms in total. The molecule has 0 saturated carbocycles. The van der Waals surface area contributed by atoms with E-state index in [1.165, 1.54) is 6.92 Å². The van der Waals surface area contributed by atoms with Gasteiger partial charge in [0.2, 0.25) is 15.9 Å². The average Bonchev–Trinajstić information content (AvgIpc) is 2.33. The number of aliphatic carboxylic acids is 1. The molecule has 0 rings (SSSR count). The van der Waals surface area contributed by atoms with Crippen LogP contribution in [0.1, 0.15) is 40.5 Å². The van der Waals surface area contributed by atoms with Crippen molar-refractivity contribution >= 4 is 21.9 Å². The van der Waals surface area contributed by atoms with Gasteiger partial charge in [-0.25, -0.2) is 17.9 Å². The third-order valence-electron chi connectivity index (χ3n) is 3.00. The number of rotatable bonds is 9. The van der Waals surface area contributed by atoms with E-state index in [0.717, 1.165) is 0 Å². The highest BCUT2D eigenvalue weighted by Crippen LogP contribution is 2.08. The minimum absolute atomic E-state index is 0.0711. The number of hydrogen-bond acceptors (Lipinski definition) is 4. The second kappa shape index (κ2) is 8.21. The molecule has 8 heteroatoms. The number of hydrogen-bond donors (Lipinski definition) is 3. The molecule has 0 spiro atoms. The summed E-state index contributed by atoms with van der Waals surface area (Å²) < 4.78 is 25.3. The smallest absolute Gasteiger partial charge is 0.326 e. The van der Waals surface area contributed by atoms with E-state index in [2.05, 4.69) is 10.0 Å². The van der Waals surface area contributed by atoms with Crippen molar-refractivity contribution in [1.82, 2.24) is 10.0 Å². The van der Waals surface area contributed by atoms with Gasteiger partial charge in [-0.2, -0.15) is 0 Å². The second-order valence-electron chi connectivity index (χ2n) is 4.87. The SMILES string of the molecule is CCCS(=O)(=O)NC(C)C(=O)N[C@H](C(=O)O)C(C)CC. The van der Waals surface area contributed by atoms with Gasteiger partial charge in [-0.05, 0) is 19.3 Å². The van der Waals surface area contributed by atoms with E-state index >= 15 is 0 Å². The summed E-state index contributed by atoms with van der Waals surface area (Å²) in [5, 5.41) is 11.4. The Balaban J connectivity index is 4.70. The van der Waals surface area contributed by atoms with Crippen molar-refractivity contribution in [3.05, 3.63) is 0 Å². The van der Waals surface area contributed by atoms with Crippen molar-refractivity contribution in [3.63, 3.8) is 0 Å². The van der Waals surface area contributed by atoms with Crippen molar-refractivity contribution in [2.24, 2.45) is 5.92 Å². The number of nitrogens with one attached hydrogen (secondary N) is 2. The first-order valence-corrected chi connectivity index (χ1v) is 8.33. The largest absolute Gasteiger partial charge is 0.480 e. The highest BCUT2D eigenvalue weighted by Gasteiger charge is 2.28. The maximum Gasteiger partial charge on any atom is 0.326 e. The maximum atomic E-state index is 11.9. The first kappa shape index (κ1) is 18.9. The van der Waals surface area contributed by atoms with Crippen LogP contribution in [0.5, 0.6) is 0 Å². The summed E-state index contributed by atoms with van der Waals surface area (Å²) >= 11 is 0. The fraction of sp³-hybridized carbons (Fsp3) is 0.833. The molecule has 0 aliphatic rings. The quantitative estimate of drug-likeness (QED) is 0.568. The number of carboxylic acids is 1. The summed E-state index contributed by atoms with van der Waals surface area (Å²) in [5.74, 6) is -2.08. The third-order valence-corrected chi connectivity index (χ3v) is 4.66. The van der Waals surface area contributed by atoms with Gasteiger partial charge < -0.3 is 10.4 Å². The lowest BCUT2D eigenvalue weighted by atomic mass is 9.99. The van der Waals surface area contributed by atoms with Crippen molar-refractivity contribution < 1.29 is 23.1 Å². The van der Waals surface area contributed by atoms with E-state index in [9.17, 15) is 18.0 Å². The summed E-state index contributed by atoms with van der Waals surface area (Å²) in [6, 6.07) is -2.02. The van der Waals surface area contributed by atoms with Crippen LogP contribution in [-0.2, 0) is 19.6 Å². The zero-order valence-electron chi connectivity index (χ0n) is 12.3. The molecule has 0 radical (unpaired) electrons. The van der Waals surface area contributed by atoms with Gasteiger partial charge in [0.15, 0.2) is 0 Å². The molecule has 0 aliphatic heterocycles. The Morgan fingerprint density at radius 3 is 2.15 bits per heavy atom. The van der Waals surface area contributed by atoms with Crippen LogP contribution >= 0.6 is 0 Å². The van der Waals surface area contributed by atoms with Crippen LogP contribution in [-0.4, -0.2) is 43.2 Å². The van der Waals surface area contributed by atoms with Crippen LogP contribution in [0.15, 0.2) is 0 Å². The van der Waals surface area contributed by atoms with E-state index in [4.69, 9.17) is 5.11 Å². The lowest BCUT2D eigenvalue weighted by Gasteiger charge is -2.22. The maximum absolute atomic E-state index is 11.9. The first-order chi connectivity index (χ1) is 9.14. The predicted molar refractivity (Wildman–Crippen MR) is 75.7 cm³/mol. The van der Waals surface area contributed by atoms with E-state index < -0.39 is 34.0 Å². The van der Waals surface area contributed by atoms with Crippen molar-refractivity contribution in [1.29, 1.82) is 0 Å². The Kier molecular flexibility index (Phi) is 7.74. The molecule has 2 unspecified atom stereocenters. The van der Waals surface area contributed by atoms with Crippen molar-refractivity contribution in [2.45, 2.75) is 52.6 Å². The number of carbonyl (C=O) groups excluding carboxylic acids is 1. The fourth-order valence-corrected chi connectivity index (χ4v) is 2.91. The number of carbonyl (C=O) groups is 2. The molecule has 1 amide bonds. The Hall–Kier alpha value is -1.15. The normalized spacial score (nSPS) is 16.2. The Morgan fingerprint density at radius 1 is 1.20 bits per heavy atom. The number of amides is 1. The summed E-state index contributed by atoms with van der Waals surface area (Å²) in [4.78, 5) is 23.0. The molecular formula is C12H24N2O5S. The van der Waals surface area contributed by atoms with Crippen LogP contribution in [0.2, 0.25) is 0 Å². The van der Waals surface area contributed by atoms with Gasteiger partial charge in [-0.15, -0.1) is 0 Å². The molecule has 0 saturated heterocycles. The third kappa shape index (κ3) is 6.33. The van der Waals surface area contributed by atoms with Crippen molar-refractivity contribution in [2.75, 3.05) is 5.75 Å². The summed E-state index contributed by atoms with van der Waals surface area (Å²) in [5.41, 5.74) is 0. The van der Waals surface area contributed by atoms with Crippen LogP contribution in [0.4, 0.5) is 0 Å². The number of sulfonamides is 1. The van der Waals surface area contributed by atoms with Crippen molar-refractivity contribution in [3.8, 4) is 0 Å². The Bertz CT molecular complexity index is 435. The summed E-state index contributed by atoms with van der Waals surface area (Å²) in [7, 11) is -3.52. The lowest BCUT2D eigenvalue weighted by Crippen LogP contribution is -2.52. The fourth-order valence-electron chi connectivity index (χ4n) is 1.61. The molecule has 0 aromatic heterocycles. The average molecular weight is 308 g/mol. The Morgan fingerprint density at radius 2 is 1.75 bits per heavy atom. The van der Waals surface area contributed by atoms with E-state index in [1.54, 1.807) is 13.8 Å². The first-order valence-electron chi connectivity index (χ1n) is 6.67. The molecule has 0 bridgehead atoms. The van der Waals surface area contributed by atoms with Crippen LogP contribution in [0.3, 0.4) is 0 Å². The van der Waals surface area contributed by atoms with Gasteiger partial charge in [-0.1, -0.05) is 27.2 Å². The molecule has 3 atom stereocenters. The highest BCUT2D eigenvalue weighted by molar-refractivity contribution is 7.89. The predicted octanol–water partition coefficient (Wildman–Crippen LogP) is 0.320.